The molecule has 0 aliphatic carbocycles. The maximum Gasteiger partial charge on any atom is 0.416 e. The number of halogens is 3. The number of alkyl halides is 3. The van der Waals surface area contributed by atoms with Crippen LogP contribution in [0.1, 0.15) is 15.9 Å². The van der Waals surface area contributed by atoms with Crippen LogP contribution in [0.2, 0.25) is 0 Å². The van der Waals surface area contributed by atoms with Gasteiger partial charge in [0.1, 0.15) is 0 Å². The number of hydrogen-bond donors (Lipinski definition) is 0. The summed E-state index contributed by atoms with van der Waals surface area (Å²) in [6.45, 7) is 0. The molecule has 2 aromatic carbocycles. The highest BCUT2D eigenvalue weighted by atomic mass is 19.4. The van der Waals surface area contributed by atoms with E-state index in [1.54, 1.807) is 30.3 Å². The zero-order chi connectivity index (χ0) is 18.2. The number of fused-ring (bicyclic) bond motifs is 1. The first-order chi connectivity index (χ1) is 11.8. The first kappa shape index (κ1) is 16.8. The van der Waals surface area contributed by atoms with Crippen LogP contribution < -0.4 is 5.56 Å². The van der Waals surface area contributed by atoms with Crippen LogP contribution in [0.25, 0.3) is 16.5 Å². The molecule has 0 bridgehead atoms. The number of nitrogens with zero attached hydrogens (tertiary/aromatic N) is 1. The van der Waals surface area contributed by atoms with Crippen molar-refractivity contribution in [2.75, 3.05) is 7.11 Å². The molecular weight excluding hydrogens is 335 g/mol. The molecule has 1 aromatic heterocycles. The van der Waals surface area contributed by atoms with E-state index in [1.165, 1.54) is 6.20 Å². The smallest absolute Gasteiger partial charge is 0.416 e. The summed E-state index contributed by atoms with van der Waals surface area (Å²) in [7, 11) is 1.16. The van der Waals surface area contributed by atoms with E-state index in [1.807, 2.05) is 0 Å². The van der Waals surface area contributed by atoms with E-state index in [-0.39, 0.29) is 16.3 Å². The fourth-order valence-electron chi connectivity index (χ4n) is 2.57. The Kier molecular flexibility index (Phi) is 4.08. The van der Waals surface area contributed by atoms with Crippen molar-refractivity contribution < 1.29 is 22.7 Å². The Labute approximate surface area is 140 Å². The molecule has 0 amide bonds. The molecule has 25 heavy (non-hydrogen) atoms. The lowest BCUT2D eigenvalue weighted by Gasteiger charge is -2.13. The van der Waals surface area contributed by atoms with Gasteiger partial charge in [0, 0.05) is 22.7 Å². The van der Waals surface area contributed by atoms with E-state index in [4.69, 9.17) is 4.74 Å². The first-order valence-corrected chi connectivity index (χ1v) is 7.23. The SMILES string of the molecule is COC(=O)c1cn(-c2ccccc2)c(=O)c2cc(C(F)(F)F)ccc12. The van der Waals surface area contributed by atoms with Gasteiger partial charge in [0.25, 0.3) is 5.56 Å². The maximum absolute atomic E-state index is 13.0. The zero-order valence-electron chi connectivity index (χ0n) is 13.0. The van der Waals surface area contributed by atoms with Crippen molar-refractivity contribution in [2.24, 2.45) is 0 Å². The average Bonchev–Trinajstić information content (AvgIpc) is 2.61. The fraction of sp³-hybridized carbons (Fsp3) is 0.111. The number of carbonyl (C=O) groups excluding carboxylic acids is 1. The summed E-state index contributed by atoms with van der Waals surface area (Å²) < 4.78 is 44.8. The number of benzene rings is 2. The highest BCUT2D eigenvalue weighted by Gasteiger charge is 2.31. The summed E-state index contributed by atoms with van der Waals surface area (Å²) in [5.41, 5.74) is -1.18. The summed E-state index contributed by atoms with van der Waals surface area (Å²) in [4.78, 5) is 24.8. The topological polar surface area (TPSA) is 48.3 Å². The Balaban J connectivity index is 2.40. The Morgan fingerprint density at radius 2 is 1.72 bits per heavy atom. The summed E-state index contributed by atoms with van der Waals surface area (Å²) in [5, 5.41) is -0.0985. The van der Waals surface area contributed by atoms with Crippen molar-refractivity contribution in [3.63, 3.8) is 0 Å². The molecule has 7 heteroatoms. The average molecular weight is 347 g/mol. The lowest BCUT2D eigenvalue weighted by molar-refractivity contribution is -0.137. The molecule has 0 aliphatic rings. The third-order valence-electron chi connectivity index (χ3n) is 3.78. The minimum Gasteiger partial charge on any atom is -0.465 e. The normalized spacial score (nSPS) is 11.5. The van der Waals surface area contributed by atoms with Crippen LogP contribution in [0.3, 0.4) is 0 Å². The van der Waals surface area contributed by atoms with Crippen molar-refractivity contribution in [3.8, 4) is 5.69 Å². The molecular formula is C18H12F3NO3. The second-order valence-corrected chi connectivity index (χ2v) is 5.30. The molecule has 3 aromatic rings. The predicted octanol–water partition coefficient (Wildman–Crippen LogP) is 3.80. The van der Waals surface area contributed by atoms with Crippen LogP contribution in [0.5, 0.6) is 0 Å². The second-order valence-electron chi connectivity index (χ2n) is 5.30. The Bertz CT molecular complexity index is 1010. The van der Waals surface area contributed by atoms with E-state index < -0.39 is 23.3 Å². The standard InChI is InChI=1S/C18H12F3NO3/c1-25-17(24)15-10-22(12-5-3-2-4-6-12)16(23)14-9-11(18(19,20)21)7-8-13(14)15/h2-10H,1H3. The number of hydrogen-bond acceptors (Lipinski definition) is 3. The maximum atomic E-state index is 13.0. The molecule has 0 radical (unpaired) electrons. The van der Waals surface area contributed by atoms with Crippen molar-refractivity contribution in [2.45, 2.75) is 6.18 Å². The summed E-state index contributed by atoms with van der Waals surface area (Å²) in [6, 6.07) is 11.0. The number of ether oxygens (including phenoxy) is 1. The Morgan fingerprint density at radius 3 is 2.32 bits per heavy atom. The zero-order valence-corrected chi connectivity index (χ0v) is 13.0. The van der Waals surface area contributed by atoms with Gasteiger partial charge in [-0.2, -0.15) is 13.2 Å². The number of esters is 1. The highest BCUT2D eigenvalue weighted by molar-refractivity contribution is 6.04. The summed E-state index contributed by atoms with van der Waals surface area (Å²) >= 11 is 0. The third kappa shape index (κ3) is 3.00. The van der Waals surface area contributed by atoms with Gasteiger partial charge in [-0.3, -0.25) is 9.36 Å². The minimum atomic E-state index is -4.60. The molecule has 128 valence electrons. The molecule has 0 aliphatic heterocycles. The monoisotopic (exact) mass is 347 g/mol. The van der Waals surface area contributed by atoms with E-state index in [0.29, 0.717) is 5.69 Å². The molecule has 0 unspecified atom stereocenters. The van der Waals surface area contributed by atoms with Crippen molar-refractivity contribution in [1.82, 2.24) is 4.57 Å². The molecule has 0 fully saturated rings. The Hall–Kier alpha value is -3.09. The van der Waals surface area contributed by atoms with Crippen LogP contribution in [0.15, 0.2) is 59.5 Å². The van der Waals surface area contributed by atoms with Gasteiger partial charge in [-0.25, -0.2) is 4.79 Å². The van der Waals surface area contributed by atoms with E-state index in [2.05, 4.69) is 0 Å². The molecule has 0 N–H and O–H groups in total. The number of pyridine rings is 1. The van der Waals surface area contributed by atoms with Gasteiger partial charge in [0.15, 0.2) is 0 Å². The van der Waals surface area contributed by atoms with Gasteiger partial charge >= 0.3 is 12.1 Å². The van der Waals surface area contributed by atoms with Crippen LogP contribution >= 0.6 is 0 Å². The first-order valence-electron chi connectivity index (χ1n) is 7.23. The number of carbonyl (C=O) groups is 1. The second kappa shape index (κ2) is 6.08. The number of methoxy groups -OCH3 is 1. The summed E-state index contributed by atoms with van der Waals surface area (Å²) in [5.74, 6) is -0.741. The number of aromatic nitrogens is 1. The Morgan fingerprint density at radius 1 is 1.04 bits per heavy atom. The highest BCUT2D eigenvalue weighted by Crippen LogP contribution is 2.31. The lowest BCUT2D eigenvalue weighted by Crippen LogP contribution is -2.21. The van der Waals surface area contributed by atoms with E-state index in [9.17, 15) is 22.8 Å². The van der Waals surface area contributed by atoms with Gasteiger partial charge in [0.05, 0.1) is 18.2 Å². The van der Waals surface area contributed by atoms with Crippen LogP contribution in [0, 0.1) is 0 Å². The van der Waals surface area contributed by atoms with Crippen molar-refractivity contribution in [1.29, 1.82) is 0 Å². The van der Waals surface area contributed by atoms with E-state index >= 15 is 0 Å². The largest absolute Gasteiger partial charge is 0.465 e. The fourth-order valence-corrected chi connectivity index (χ4v) is 2.57. The minimum absolute atomic E-state index is 0.00896. The van der Waals surface area contributed by atoms with Crippen LogP contribution in [0.4, 0.5) is 13.2 Å². The third-order valence-corrected chi connectivity index (χ3v) is 3.78. The van der Waals surface area contributed by atoms with Crippen molar-refractivity contribution in [3.05, 3.63) is 76.2 Å². The van der Waals surface area contributed by atoms with E-state index in [0.717, 1.165) is 29.9 Å². The van der Waals surface area contributed by atoms with Gasteiger partial charge in [0.2, 0.25) is 0 Å². The quantitative estimate of drug-likeness (QED) is 0.663. The molecule has 3 rings (SSSR count). The lowest BCUT2D eigenvalue weighted by atomic mass is 10.0. The van der Waals surface area contributed by atoms with Crippen LogP contribution in [-0.4, -0.2) is 17.6 Å². The van der Waals surface area contributed by atoms with Crippen molar-refractivity contribution >= 4 is 16.7 Å². The van der Waals surface area contributed by atoms with Gasteiger partial charge in [-0.05, 0) is 24.3 Å². The molecule has 4 nitrogen and oxygen atoms in total. The number of rotatable bonds is 2. The molecule has 0 atom stereocenters. The predicted molar refractivity (Wildman–Crippen MR) is 85.9 cm³/mol. The van der Waals surface area contributed by atoms with Gasteiger partial charge in [-0.1, -0.05) is 24.3 Å². The molecule has 0 saturated carbocycles. The molecule has 0 saturated heterocycles. The van der Waals surface area contributed by atoms with Gasteiger partial charge < -0.3 is 4.74 Å². The molecule has 0 spiro atoms. The number of para-hydroxylation sites is 1. The van der Waals surface area contributed by atoms with Crippen LogP contribution in [-0.2, 0) is 10.9 Å². The summed E-state index contributed by atoms with van der Waals surface area (Å²) in [6.07, 6.45) is -3.32. The van der Waals surface area contributed by atoms with Gasteiger partial charge in [-0.15, -0.1) is 0 Å². The molecule has 1 heterocycles.